The van der Waals surface area contributed by atoms with Crippen LogP contribution in [0.3, 0.4) is 0 Å². The second kappa shape index (κ2) is 15.1. The summed E-state index contributed by atoms with van der Waals surface area (Å²) >= 11 is 0. The number of carbonyl (C=O) groups is 2. The lowest BCUT2D eigenvalue weighted by atomic mass is 9.91. The van der Waals surface area contributed by atoms with Gasteiger partial charge in [0.25, 0.3) is 0 Å². The van der Waals surface area contributed by atoms with Gasteiger partial charge in [-0.3, -0.25) is 4.98 Å². The summed E-state index contributed by atoms with van der Waals surface area (Å²) in [7, 11) is 1.68. The highest BCUT2D eigenvalue weighted by Crippen LogP contribution is 2.28. The fourth-order valence-electron chi connectivity index (χ4n) is 3.66. The van der Waals surface area contributed by atoms with Crippen molar-refractivity contribution in [2.45, 2.75) is 31.4 Å². The maximum absolute atomic E-state index is 10.6. The highest BCUT2D eigenvalue weighted by atomic mass is 16.5. The topological polar surface area (TPSA) is 136 Å². The first kappa shape index (κ1) is 28.2. The monoisotopic (exact) mass is 492 g/mol. The third-order valence-electron chi connectivity index (χ3n) is 5.60. The van der Waals surface area contributed by atoms with E-state index in [0.717, 1.165) is 30.0 Å². The van der Waals surface area contributed by atoms with Crippen LogP contribution in [0.2, 0.25) is 0 Å². The van der Waals surface area contributed by atoms with Gasteiger partial charge in [0.05, 0.1) is 25.5 Å². The number of nitrogens with two attached hydrogens (primary N) is 1. The van der Waals surface area contributed by atoms with E-state index in [4.69, 9.17) is 9.84 Å². The van der Waals surface area contributed by atoms with E-state index in [1.165, 1.54) is 5.56 Å². The lowest BCUT2D eigenvalue weighted by Crippen LogP contribution is -2.91. The highest BCUT2D eigenvalue weighted by Gasteiger charge is 2.21. The van der Waals surface area contributed by atoms with Crippen LogP contribution in [-0.4, -0.2) is 47.0 Å². The molecule has 3 atom stereocenters. The smallest absolute Gasteiger partial charge is 0.328 e. The number of hydrogen-bond acceptors (Lipinski definition) is 6. The summed E-state index contributed by atoms with van der Waals surface area (Å²) in [5.41, 5.74) is 3.37. The summed E-state index contributed by atoms with van der Waals surface area (Å²) < 4.78 is 5.40. The van der Waals surface area contributed by atoms with E-state index in [1.54, 1.807) is 7.11 Å². The van der Waals surface area contributed by atoms with Crippen LogP contribution in [0.1, 0.15) is 42.0 Å². The van der Waals surface area contributed by atoms with Crippen molar-refractivity contribution in [3.63, 3.8) is 0 Å². The lowest BCUT2D eigenvalue weighted by Gasteiger charge is -2.20. The van der Waals surface area contributed by atoms with Gasteiger partial charge in [0.1, 0.15) is 5.75 Å². The fraction of sp³-hybridized carbons (Fsp3) is 0.250. The Morgan fingerprint density at radius 3 is 2.31 bits per heavy atom. The van der Waals surface area contributed by atoms with Crippen molar-refractivity contribution in [3.05, 3.63) is 108 Å². The van der Waals surface area contributed by atoms with Gasteiger partial charge in [0, 0.05) is 30.3 Å². The maximum Gasteiger partial charge on any atom is 0.328 e. The Hall–Kier alpha value is -4.01. The molecule has 3 unspecified atom stereocenters. The van der Waals surface area contributed by atoms with E-state index in [9.17, 15) is 19.8 Å². The average molecular weight is 493 g/mol. The Labute approximate surface area is 210 Å². The molecule has 3 aromatic rings. The summed E-state index contributed by atoms with van der Waals surface area (Å²) in [5, 5.41) is 29.9. The number of carbonyl (C=O) groups excluding carboxylic acids is 1. The van der Waals surface area contributed by atoms with Crippen molar-refractivity contribution in [1.29, 1.82) is 0 Å². The molecule has 2 aromatic carbocycles. The minimum Gasteiger partial charge on any atom is -0.545 e. The predicted molar refractivity (Wildman–Crippen MR) is 133 cm³/mol. The lowest BCUT2D eigenvalue weighted by molar-refractivity contribution is -0.727. The zero-order valence-electron chi connectivity index (χ0n) is 20.4. The Balaban J connectivity index is 0.000000493. The Morgan fingerprint density at radius 2 is 1.72 bits per heavy atom. The minimum atomic E-state index is -1.51. The summed E-state index contributed by atoms with van der Waals surface area (Å²) in [5.74, 6) is -1.72. The number of ether oxygens (including phenoxy) is 1. The van der Waals surface area contributed by atoms with Crippen LogP contribution < -0.4 is 15.2 Å². The quantitative estimate of drug-likeness (QED) is 0.274. The molecule has 0 amide bonds. The second-order valence-electron chi connectivity index (χ2n) is 8.08. The van der Waals surface area contributed by atoms with Crippen LogP contribution in [0.4, 0.5) is 0 Å². The number of methoxy groups -OCH3 is 1. The third-order valence-corrected chi connectivity index (χ3v) is 5.60. The first-order chi connectivity index (χ1) is 17.3. The molecule has 0 aliphatic carbocycles. The zero-order valence-corrected chi connectivity index (χ0v) is 20.4. The van der Waals surface area contributed by atoms with Gasteiger partial charge < -0.3 is 30.2 Å². The first-order valence-corrected chi connectivity index (χ1v) is 11.5. The van der Waals surface area contributed by atoms with Crippen molar-refractivity contribution in [2.75, 3.05) is 13.7 Å². The first-order valence-electron chi connectivity index (χ1n) is 11.5. The number of nitrogens with zero attached hydrogens (tertiary/aromatic N) is 1. The van der Waals surface area contributed by atoms with E-state index in [1.807, 2.05) is 54.0 Å². The number of carboxylic acids is 2. The Kier molecular flexibility index (Phi) is 11.8. The van der Waals surface area contributed by atoms with Gasteiger partial charge in [-0.1, -0.05) is 55.5 Å². The molecule has 0 bridgehead atoms. The van der Waals surface area contributed by atoms with Gasteiger partial charge in [-0.2, -0.15) is 0 Å². The van der Waals surface area contributed by atoms with Crippen LogP contribution >= 0.6 is 0 Å². The van der Waals surface area contributed by atoms with E-state index >= 15 is 0 Å². The molecule has 190 valence electrons. The molecule has 36 heavy (non-hydrogen) atoms. The van der Waals surface area contributed by atoms with Gasteiger partial charge in [0.15, 0.2) is 6.23 Å². The van der Waals surface area contributed by atoms with Crippen LogP contribution in [0, 0.1) is 0 Å². The van der Waals surface area contributed by atoms with Crippen molar-refractivity contribution in [2.24, 2.45) is 0 Å². The number of carboxylic acid groups (broad SMARTS) is 2. The van der Waals surface area contributed by atoms with Crippen molar-refractivity contribution >= 4 is 11.9 Å². The molecule has 8 nitrogen and oxygen atoms in total. The summed E-state index contributed by atoms with van der Waals surface area (Å²) in [6.45, 7) is 2.87. The molecule has 0 radical (unpaired) electrons. The number of rotatable bonds is 11. The van der Waals surface area contributed by atoms with Crippen molar-refractivity contribution in [1.82, 2.24) is 4.98 Å². The summed E-state index contributed by atoms with van der Waals surface area (Å²) in [4.78, 5) is 23.5. The molecule has 0 aliphatic heterocycles. The van der Waals surface area contributed by atoms with Gasteiger partial charge in [0.2, 0.25) is 0 Å². The minimum absolute atomic E-state index is 0.0753. The number of quaternary nitrogens is 1. The molecule has 0 spiro atoms. The van der Waals surface area contributed by atoms with Crippen LogP contribution in [0.25, 0.3) is 0 Å². The highest BCUT2D eigenvalue weighted by molar-refractivity contribution is 5.88. The van der Waals surface area contributed by atoms with E-state index < -0.39 is 18.2 Å². The van der Waals surface area contributed by atoms with Crippen molar-refractivity contribution in [3.8, 4) is 5.75 Å². The molecular formula is C28H32N2O6. The molecule has 3 rings (SSSR count). The third kappa shape index (κ3) is 9.69. The van der Waals surface area contributed by atoms with Crippen molar-refractivity contribution < 1.29 is 35.0 Å². The van der Waals surface area contributed by atoms with E-state index in [0.29, 0.717) is 12.2 Å². The zero-order chi connectivity index (χ0) is 26.3. The number of aliphatic hydroxyl groups is 1. The SMILES string of the molecule is COc1cccc(C(CC[NH2+]C(O)C(C)c2ccccc2)c2ccccn2)c1.O=C([O-])/C=C/C(=O)O. The second-order valence-corrected chi connectivity index (χ2v) is 8.08. The van der Waals surface area contributed by atoms with Gasteiger partial charge in [-0.25, -0.2) is 4.79 Å². The molecule has 0 fully saturated rings. The van der Waals surface area contributed by atoms with Crippen LogP contribution in [0.15, 0.2) is 91.1 Å². The number of aliphatic hydroxyl groups excluding tert-OH is 1. The van der Waals surface area contributed by atoms with Gasteiger partial charge in [-0.15, -0.1) is 0 Å². The number of aliphatic carboxylic acids is 2. The standard InChI is InChI=1S/C24H28N2O2.C4H4O4/c1-18(19-9-4-3-5-10-19)24(27)26-16-14-22(23-13-6-7-15-25-23)20-11-8-12-21(17-20)28-2;5-3(6)1-2-4(7)8/h3-13,15,17-18,22,24,26-27H,14,16H2,1-2H3;1-2H,(H,5,6)(H,7,8)/b;2-1+. The molecule has 1 aromatic heterocycles. The molecule has 8 heteroatoms. The predicted octanol–water partition coefficient (Wildman–Crippen LogP) is 1.67. The summed E-state index contributed by atoms with van der Waals surface area (Å²) in [6, 6.07) is 24.3. The van der Waals surface area contributed by atoms with E-state index in [2.05, 4.69) is 42.2 Å². The molecule has 1 heterocycles. The largest absolute Gasteiger partial charge is 0.545 e. The molecule has 0 saturated heterocycles. The average Bonchev–Trinajstić information content (AvgIpc) is 2.90. The molecule has 0 aliphatic rings. The Bertz CT molecular complexity index is 1090. The Morgan fingerprint density at radius 1 is 1.03 bits per heavy atom. The number of hydrogen-bond donors (Lipinski definition) is 3. The number of benzene rings is 2. The summed E-state index contributed by atoms with van der Waals surface area (Å²) in [6.07, 6.45) is 3.18. The van der Waals surface area contributed by atoms with Gasteiger partial charge >= 0.3 is 5.97 Å². The number of pyridine rings is 1. The maximum atomic E-state index is 10.6. The van der Waals surface area contributed by atoms with Crippen LogP contribution in [-0.2, 0) is 9.59 Å². The molecule has 0 saturated carbocycles. The van der Waals surface area contributed by atoms with Crippen LogP contribution in [0.5, 0.6) is 5.75 Å². The fourth-order valence-corrected chi connectivity index (χ4v) is 3.66. The normalized spacial score (nSPS) is 13.2. The molecule has 4 N–H and O–H groups in total. The number of aromatic nitrogens is 1. The molecular weight excluding hydrogens is 460 g/mol. The van der Waals surface area contributed by atoms with Gasteiger partial charge in [-0.05, 0) is 41.5 Å². The van der Waals surface area contributed by atoms with E-state index in [-0.39, 0.29) is 11.8 Å².